The molecule has 1 N–H and O–H groups in total. The molecule has 0 aliphatic carbocycles. The number of aromatic carboxylic acids is 1. The Morgan fingerprint density at radius 1 is 1.04 bits per heavy atom. The van der Waals surface area contributed by atoms with Crippen LogP contribution < -0.4 is 4.74 Å². The summed E-state index contributed by atoms with van der Waals surface area (Å²) >= 11 is 0. The lowest BCUT2D eigenvalue weighted by molar-refractivity contribution is 0.0652. The SMILES string of the molecule is Cc1ccccc1C[C@]1(C)CCc2cc(-c3cccc(C(=O)O)c3)ccc2O1. The van der Waals surface area contributed by atoms with Crippen LogP contribution in [0.15, 0.2) is 66.7 Å². The Bertz CT molecular complexity index is 1040. The summed E-state index contributed by atoms with van der Waals surface area (Å²) in [5.41, 5.74) is 5.83. The number of carbonyl (C=O) groups is 1. The summed E-state index contributed by atoms with van der Waals surface area (Å²) in [5, 5.41) is 9.23. The summed E-state index contributed by atoms with van der Waals surface area (Å²) in [7, 11) is 0. The van der Waals surface area contributed by atoms with Crippen molar-refractivity contribution in [3.05, 3.63) is 89.0 Å². The molecule has 1 atom stereocenters. The molecular formula is C25H24O3. The van der Waals surface area contributed by atoms with Crippen molar-refractivity contribution in [1.82, 2.24) is 0 Å². The third-order valence-corrected chi connectivity index (χ3v) is 5.61. The molecule has 1 heterocycles. The van der Waals surface area contributed by atoms with Crippen molar-refractivity contribution in [1.29, 1.82) is 0 Å². The summed E-state index contributed by atoms with van der Waals surface area (Å²) in [6.45, 7) is 4.33. The number of ether oxygens (including phenoxy) is 1. The summed E-state index contributed by atoms with van der Waals surface area (Å²) in [6, 6.07) is 21.7. The van der Waals surface area contributed by atoms with Gasteiger partial charge in [-0.15, -0.1) is 0 Å². The molecule has 3 aromatic carbocycles. The smallest absolute Gasteiger partial charge is 0.335 e. The second-order valence-electron chi connectivity index (χ2n) is 7.86. The second kappa shape index (κ2) is 7.16. The van der Waals surface area contributed by atoms with E-state index in [0.29, 0.717) is 5.56 Å². The monoisotopic (exact) mass is 372 g/mol. The molecule has 0 fully saturated rings. The van der Waals surface area contributed by atoms with Gasteiger partial charge in [0, 0.05) is 6.42 Å². The van der Waals surface area contributed by atoms with Crippen LogP contribution in [0.3, 0.4) is 0 Å². The molecule has 1 aliphatic heterocycles. The normalized spacial score (nSPS) is 18.2. The van der Waals surface area contributed by atoms with Crippen LogP contribution in [-0.2, 0) is 12.8 Å². The van der Waals surface area contributed by atoms with Crippen molar-refractivity contribution >= 4 is 5.97 Å². The minimum atomic E-state index is -0.907. The number of benzene rings is 3. The highest BCUT2D eigenvalue weighted by molar-refractivity contribution is 5.89. The topological polar surface area (TPSA) is 46.5 Å². The fraction of sp³-hybridized carbons (Fsp3) is 0.240. The average Bonchev–Trinajstić information content (AvgIpc) is 2.69. The highest BCUT2D eigenvalue weighted by Crippen LogP contribution is 2.37. The zero-order chi connectivity index (χ0) is 19.7. The number of rotatable bonds is 4. The molecule has 3 aromatic rings. The van der Waals surface area contributed by atoms with Gasteiger partial charge in [-0.25, -0.2) is 4.79 Å². The number of hydrogen-bond donors (Lipinski definition) is 1. The first-order chi connectivity index (χ1) is 13.4. The Morgan fingerprint density at radius 2 is 1.82 bits per heavy atom. The van der Waals surface area contributed by atoms with E-state index in [1.54, 1.807) is 18.2 Å². The maximum absolute atomic E-state index is 11.2. The van der Waals surface area contributed by atoms with Crippen LogP contribution in [0.2, 0.25) is 0 Å². The molecule has 3 heteroatoms. The first-order valence-corrected chi connectivity index (χ1v) is 9.64. The van der Waals surface area contributed by atoms with E-state index in [1.807, 2.05) is 18.2 Å². The molecule has 0 saturated carbocycles. The molecule has 0 bridgehead atoms. The third kappa shape index (κ3) is 3.65. The van der Waals surface area contributed by atoms with Gasteiger partial charge in [0.2, 0.25) is 0 Å². The van der Waals surface area contributed by atoms with E-state index < -0.39 is 5.97 Å². The molecule has 0 amide bonds. The van der Waals surface area contributed by atoms with Crippen LogP contribution in [0, 0.1) is 6.92 Å². The quantitative estimate of drug-likeness (QED) is 0.640. The lowest BCUT2D eigenvalue weighted by Gasteiger charge is -2.36. The number of aryl methyl sites for hydroxylation is 2. The highest BCUT2D eigenvalue weighted by Gasteiger charge is 2.32. The number of hydrogen-bond acceptors (Lipinski definition) is 2. The standard InChI is InChI=1S/C25H24O3/c1-17-6-3-4-7-22(17)16-25(2)13-12-20-14-19(10-11-23(20)28-25)18-8-5-9-21(15-18)24(26)27/h3-11,14-15H,12-13,16H2,1-2H3,(H,26,27)/t25-/m0/s1. The van der Waals surface area contributed by atoms with Gasteiger partial charge in [0.25, 0.3) is 0 Å². The predicted octanol–water partition coefficient (Wildman–Crippen LogP) is 5.69. The maximum Gasteiger partial charge on any atom is 0.335 e. The van der Waals surface area contributed by atoms with Gasteiger partial charge in [0.15, 0.2) is 0 Å². The summed E-state index contributed by atoms with van der Waals surface area (Å²) in [6.07, 6.45) is 2.79. The van der Waals surface area contributed by atoms with Crippen LogP contribution in [0.5, 0.6) is 5.75 Å². The Balaban J connectivity index is 1.59. The van der Waals surface area contributed by atoms with Gasteiger partial charge >= 0.3 is 5.97 Å². The van der Waals surface area contributed by atoms with Crippen molar-refractivity contribution in [3.8, 4) is 16.9 Å². The van der Waals surface area contributed by atoms with E-state index in [1.165, 1.54) is 16.7 Å². The van der Waals surface area contributed by atoms with Crippen molar-refractivity contribution < 1.29 is 14.6 Å². The van der Waals surface area contributed by atoms with Gasteiger partial charge in [-0.2, -0.15) is 0 Å². The first kappa shape index (κ1) is 18.3. The predicted molar refractivity (Wildman–Crippen MR) is 111 cm³/mol. The van der Waals surface area contributed by atoms with Gasteiger partial charge in [-0.3, -0.25) is 0 Å². The largest absolute Gasteiger partial charge is 0.487 e. The van der Waals surface area contributed by atoms with Gasteiger partial charge in [0.05, 0.1) is 5.56 Å². The van der Waals surface area contributed by atoms with Gasteiger partial charge < -0.3 is 9.84 Å². The lowest BCUT2D eigenvalue weighted by atomic mass is 9.85. The minimum absolute atomic E-state index is 0.218. The molecule has 1 aliphatic rings. The van der Waals surface area contributed by atoms with E-state index in [4.69, 9.17) is 4.74 Å². The summed E-state index contributed by atoms with van der Waals surface area (Å²) in [5.74, 6) is 0.0237. The minimum Gasteiger partial charge on any atom is -0.487 e. The van der Waals surface area contributed by atoms with E-state index in [9.17, 15) is 9.90 Å². The molecule has 0 radical (unpaired) electrons. The molecule has 0 unspecified atom stereocenters. The van der Waals surface area contributed by atoms with Crippen molar-refractivity contribution in [2.24, 2.45) is 0 Å². The maximum atomic E-state index is 11.2. The molecule has 3 nitrogen and oxygen atoms in total. The van der Waals surface area contributed by atoms with Crippen LogP contribution in [0.1, 0.15) is 40.4 Å². The molecular weight excluding hydrogens is 348 g/mol. The van der Waals surface area contributed by atoms with Gasteiger partial charge in [-0.1, -0.05) is 42.5 Å². The third-order valence-electron chi connectivity index (χ3n) is 5.61. The van der Waals surface area contributed by atoms with Gasteiger partial charge in [-0.05, 0) is 78.8 Å². The fourth-order valence-corrected chi connectivity index (χ4v) is 3.94. The highest BCUT2D eigenvalue weighted by atomic mass is 16.5. The van der Waals surface area contributed by atoms with Crippen LogP contribution in [0.25, 0.3) is 11.1 Å². The van der Waals surface area contributed by atoms with E-state index in [0.717, 1.165) is 36.1 Å². The molecule has 0 spiro atoms. The lowest BCUT2D eigenvalue weighted by Crippen LogP contribution is -2.38. The first-order valence-electron chi connectivity index (χ1n) is 9.64. The van der Waals surface area contributed by atoms with E-state index in [2.05, 4.69) is 44.2 Å². The van der Waals surface area contributed by atoms with E-state index >= 15 is 0 Å². The Kier molecular flexibility index (Phi) is 4.68. The second-order valence-corrected chi connectivity index (χ2v) is 7.86. The van der Waals surface area contributed by atoms with Crippen LogP contribution >= 0.6 is 0 Å². The molecule has 4 rings (SSSR count). The van der Waals surface area contributed by atoms with Crippen LogP contribution in [-0.4, -0.2) is 16.7 Å². The molecule has 28 heavy (non-hydrogen) atoms. The summed E-state index contributed by atoms with van der Waals surface area (Å²) in [4.78, 5) is 11.2. The molecule has 0 aromatic heterocycles. The average molecular weight is 372 g/mol. The molecule has 0 saturated heterocycles. The zero-order valence-corrected chi connectivity index (χ0v) is 16.2. The van der Waals surface area contributed by atoms with Gasteiger partial charge in [0.1, 0.15) is 11.4 Å². The Morgan fingerprint density at radius 3 is 2.61 bits per heavy atom. The van der Waals surface area contributed by atoms with Crippen LogP contribution in [0.4, 0.5) is 0 Å². The fourth-order valence-electron chi connectivity index (χ4n) is 3.94. The number of carboxylic acids is 1. The Hall–Kier alpha value is -3.07. The zero-order valence-electron chi connectivity index (χ0n) is 16.2. The van der Waals surface area contributed by atoms with Crippen molar-refractivity contribution in [3.63, 3.8) is 0 Å². The summed E-state index contributed by atoms with van der Waals surface area (Å²) < 4.78 is 6.44. The molecule has 142 valence electrons. The number of fused-ring (bicyclic) bond motifs is 1. The number of carboxylic acid groups (broad SMARTS) is 1. The van der Waals surface area contributed by atoms with Crippen molar-refractivity contribution in [2.45, 2.75) is 38.7 Å². The van der Waals surface area contributed by atoms with E-state index in [-0.39, 0.29) is 5.60 Å². The van der Waals surface area contributed by atoms with Crippen molar-refractivity contribution in [2.75, 3.05) is 0 Å². The Labute approximate surface area is 165 Å².